The fraction of sp³-hybridized carbons (Fsp3) is 0.333. The Morgan fingerprint density at radius 2 is 2.17 bits per heavy atom. The average Bonchev–Trinajstić information content (AvgIpc) is 2.92. The molecule has 2 rings (SSSR count). The van der Waals surface area contributed by atoms with E-state index >= 15 is 0 Å². The molecule has 1 aromatic heterocycles. The lowest BCUT2D eigenvalue weighted by atomic mass is 10.1. The van der Waals surface area contributed by atoms with Crippen LogP contribution in [0.1, 0.15) is 23.4 Å². The number of ether oxygens (including phenoxy) is 1. The quantitative estimate of drug-likeness (QED) is 0.857. The molecule has 0 aliphatic rings. The van der Waals surface area contributed by atoms with Gasteiger partial charge in [0.2, 0.25) is 0 Å². The Morgan fingerprint density at radius 3 is 2.89 bits per heavy atom. The van der Waals surface area contributed by atoms with E-state index in [9.17, 15) is 0 Å². The minimum absolute atomic E-state index is 0.347. The van der Waals surface area contributed by atoms with Gasteiger partial charge in [-0.3, -0.25) is 0 Å². The van der Waals surface area contributed by atoms with E-state index in [1.807, 2.05) is 23.5 Å². The molecule has 1 unspecified atom stereocenters. The first-order valence-corrected chi connectivity index (χ1v) is 7.07. The van der Waals surface area contributed by atoms with Crippen molar-refractivity contribution in [3.63, 3.8) is 0 Å². The first kappa shape index (κ1) is 13.1. The summed E-state index contributed by atoms with van der Waals surface area (Å²) in [5.41, 5.74) is 1.26. The Morgan fingerprint density at radius 1 is 1.28 bits per heavy atom. The van der Waals surface area contributed by atoms with Gasteiger partial charge >= 0.3 is 0 Å². The third kappa shape index (κ3) is 3.59. The second kappa shape index (κ2) is 6.57. The molecule has 1 N–H and O–H groups in total. The highest BCUT2D eigenvalue weighted by Crippen LogP contribution is 2.18. The molecule has 96 valence electrons. The molecule has 3 heteroatoms. The van der Waals surface area contributed by atoms with Crippen molar-refractivity contribution in [2.75, 3.05) is 13.7 Å². The Hall–Kier alpha value is -1.32. The van der Waals surface area contributed by atoms with Gasteiger partial charge in [0, 0.05) is 17.5 Å². The zero-order chi connectivity index (χ0) is 12.8. The Labute approximate surface area is 113 Å². The van der Waals surface area contributed by atoms with Crippen LogP contribution in [0.4, 0.5) is 0 Å². The molecule has 1 heterocycles. The van der Waals surface area contributed by atoms with Gasteiger partial charge in [0.05, 0.1) is 7.11 Å². The highest BCUT2D eigenvalue weighted by Gasteiger charge is 2.05. The van der Waals surface area contributed by atoms with Gasteiger partial charge in [-0.25, -0.2) is 0 Å². The molecule has 1 atom stereocenters. The van der Waals surface area contributed by atoms with Crippen LogP contribution >= 0.6 is 11.3 Å². The summed E-state index contributed by atoms with van der Waals surface area (Å²) in [6.45, 7) is 3.18. The molecule has 0 radical (unpaired) electrons. The molecule has 0 spiro atoms. The van der Waals surface area contributed by atoms with Crippen molar-refractivity contribution in [3.05, 3.63) is 52.2 Å². The molecule has 0 aliphatic carbocycles. The van der Waals surface area contributed by atoms with Gasteiger partial charge in [0.15, 0.2) is 0 Å². The van der Waals surface area contributed by atoms with Gasteiger partial charge in [0.25, 0.3) is 0 Å². The van der Waals surface area contributed by atoms with E-state index in [2.05, 4.69) is 41.9 Å². The van der Waals surface area contributed by atoms with E-state index in [0.29, 0.717) is 6.04 Å². The number of hydrogen-bond acceptors (Lipinski definition) is 3. The average molecular weight is 261 g/mol. The smallest absolute Gasteiger partial charge is 0.119 e. The third-order valence-corrected chi connectivity index (χ3v) is 3.93. The van der Waals surface area contributed by atoms with Gasteiger partial charge in [-0.15, -0.1) is 11.3 Å². The molecule has 1 aromatic carbocycles. The van der Waals surface area contributed by atoms with Crippen LogP contribution in [0.15, 0.2) is 41.8 Å². The van der Waals surface area contributed by atoms with Crippen LogP contribution in [0, 0.1) is 0 Å². The zero-order valence-electron chi connectivity index (χ0n) is 10.8. The van der Waals surface area contributed by atoms with Crippen molar-refractivity contribution in [1.82, 2.24) is 5.32 Å². The molecule has 2 nitrogen and oxygen atoms in total. The summed E-state index contributed by atoms with van der Waals surface area (Å²) in [4.78, 5) is 1.43. The normalized spacial score (nSPS) is 12.3. The summed E-state index contributed by atoms with van der Waals surface area (Å²) >= 11 is 1.82. The van der Waals surface area contributed by atoms with E-state index in [1.54, 1.807) is 7.11 Å². The number of thiophene rings is 1. The van der Waals surface area contributed by atoms with Gasteiger partial charge in [-0.1, -0.05) is 18.2 Å². The van der Waals surface area contributed by atoms with Crippen LogP contribution in [0.5, 0.6) is 5.75 Å². The first-order valence-electron chi connectivity index (χ1n) is 6.19. The van der Waals surface area contributed by atoms with Gasteiger partial charge in [-0.05, 0) is 42.5 Å². The zero-order valence-corrected chi connectivity index (χ0v) is 11.7. The highest BCUT2D eigenvalue weighted by atomic mass is 32.1. The van der Waals surface area contributed by atoms with Crippen molar-refractivity contribution in [3.8, 4) is 5.75 Å². The van der Waals surface area contributed by atoms with E-state index in [0.717, 1.165) is 18.7 Å². The molecule has 0 aliphatic heterocycles. The first-order chi connectivity index (χ1) is 8.79. The van der Waals surface area contributed by atoms with E-state index in [-0.39, 0.29) is 0 Å². The van der Waals surface area contributed by atoms with Crippen LogP contribution in [0.25, 0.3) is 0 Å². The number of benzene rings is 1. The number of nitrogens with one attached hydrogen (secondary N) is 1. The van der Waals surface area contributed by atoms with Gasteiger partial charge in [0.1, 0.15) is 5.75 Å². The van der Waals surface area contributed by atoms with Crippen molar-refractivity contribution < 1.29 is 4.74 Å². The maximum absolute atomic E-state index is 5.24. The second-order valence-corrected chi connectivity index (χ2v) is 5.31. The van der Waals surface area contributed by atoms with E-state index in [1.165, 1.54) is 10.4 Å². The monoisotopic (exact) mass is 261 g/mol. The second-order valence-electron chi connectivity index (χ2n) is 4.28. The lowest BCUT2D eigenvalue weighted by Gasteiger charge is -2.14. The third-order valence-electron chi connectivity index (χ3n) is 3.00. The number of rotatable bonds is 6. The lowest BCUT2D eigenvalue weighted by Crippen LogP contribution is -2.21. The van der Waals surface area contributed by atoms with Gasteiger partial charge in [-0.2, -0.15) is 0 Å². The molecule has 2 aromatic rings. The van der Waals surface area contributed by atoms with Crippen molar-refractivity contribution >= 4 is 11.3 Å². The molecular weight excluding hydrogens is 242 g/mol. The van der Waals surface area contributed by atoms with Crippen LogP contribution < -0.4 is 10.1 Å². The maximum atomic E-state index is 5.24. The molecule has 0 fully saturated rings. The minimum atomic E-state index is 0.347. The summed E-state index contributed by atoms with van der Waals surface area (Å²) in [6.07, 6.45) is 1.09. The Bertz CT molecular complexity index is 467. The molecule has 0 saturated heterocycles. The van der Waals surface area contributed by atoms with Crippen molar-refractivity contribution in [1.29, 1.82) is 0 Å². The topological polar surface area (TPSA) is 21.3 Å². The molecule has 0 bridgehead atoms. The SMILES string of the molecule is COc1cccc(C(C)NCCc2cccs2)c1. The molecule has 0 amide bonds. The molecule has 0 saturated carbocycles. The van der Waals surface area contributed by atoms with Crippen molar-refractivity contribution in [2.45, 2.75) is 19.4 Å². The Balaban J connectivity index is 1.85. The standard InChI is InChI=1S/C15H19NOS/c1-12(13-5-3-6-14(11-13)17-2)16-9-8-15-7-4-10-18-15/h3-7,10-12,16H,8-9H2,1-2H3. The van der Waals surface area contributed by atoms with Crippen LogP contribution in [0.3, 0.4) is 0 Å². The van der Waals surface area contributed by atoms with Gasteiger partial charge < -0.3 is 10.1 Å². The summed E-state index contributed by atoms with van der Waals surface area (Å²) in [5.74, 6) is 0.916. The molecule has 18 heavy (non-hydrogen) atoms. The fourth-order valence-corrected chi connectivity index (χ4v) is 2.60. The van der Waals surface area contributed by atoms with E-state index < -0.39 is 0 Å². The number of hydrogen-bond donors (Lipinski definition) is 1. The summed E-state index contributed by atoms with van der Waals surface area (Å²) in [7, 11) is 1.70. The van der Waals surface area contributed by atoms with Crippen molar-refractivity contribution in [2.24, 2.45) is 0 Å². The predicted molar refractivity (Wildman–Crippen MR) is 77.4 cm³/mol. The van der Waals surface area contributed by atoms with Crippen LogP contribution in [0.2, 0.25) is 0 Å². The predicted octanol–water partition coefficient (Wildman–Crippen LogP) is 3.65. The number of methoxy groups -OCH3 is 1. The minimum Gasteiger partial charge on any atom is -0.497 e. The van der Waals surface area contributed by atoms with Crippen LogP contribution in [-0.2, 0) is 6.42 Å². The Kier molecular flexibility index (Phi) is 4.79. The highest BCUT2D eigenvalue weighted by molar-refractivity contribution is 7.09. The summed E-state index contributed by atoms with van der Waals surface area (Å²) in [6, 6.07) is 12.9. The van der Waals surface area contributed by atoms with Crippen LogP contribution in [-0.4, -0.2) is 13.7 Å². The fourth-order valence-electron chi connectivity index (χ4n) is 1.90. The summed E-state index contributed by atoms with van der Waals surface area (Å²) in [5, 5.41) is 5.67. The van der Waals surface area contributed by atoms with E-state index in [4.69, 9.17) is 4.74 Å². The summed E-state index contributed by atoms with van der Waals surface area (Å²) < 4.78 is 5.24. The maximum Gasteiger partial charge on any atom is 0.119 e. The largest absolute Gasteiger partial charge is 0.497 e. The lowest BCUT2D eigenvalue weighted by molar-refractivity contribution is 0.413. The molecular formula is C15H19NOS.